The van der Waals surface area contributed by atoms with Crippen LogP contribution >= 0.6 is 11.3 Å². The molecular formula is C29H25N5O4S. The largest absolute Gasteiger partial charge is 0.444 e. The topological polar surface area (TPSA) is 114 Å². The lowest BCUT2D eigenvalue weighted by Gasteiger charge is -2.31. The Morgan fingerprint density at radius 3 is 2.62 bits per heavy atom. The number of aromatic nitrogens is 3. The SMILES string of the molecule is Cc1onc(-c2ccccc2)c1C(=O)N1CCC(c2nc(C(=O)Nc3cccc(-c4cnco4)c3)cs2)CC1. The summed E-state index contributed by atoms with van der Waals surface area (Å²) in [6.07, 6.45) is 4.53. The molecular weight excluding hydrogens is 514 g/mol. The molecule has 10 heteroatoms. The molecule has 0 spiro atoms. The summed E-state index contributed by atoms with van der Waals surface area (Å²) in [5.41, 5.74) is 3.79. The van der Waals surface area contributed by atoms with Gasteiger partial charge in [0.25, 0.3) is 11.8 Å². The van der Waals surface area contributed by atoms with E-state index in [1.165, 1.54) is 17.7 Å². The number of piperidine rings is 1. The number of benzene rings is 2. The average Bonchev–Trinajstić information content (AvgIpc) is 3.75. The Kier molecular flexibility index (Phi) is 6.76. The van der Waals surface area contributed by atoms with Crippen molar-refractivity contribution in [1.82, 2.24) is 20.0 Å². The molecule has 1 fully saturated rings. The molecule has 0 saturated carbocycles. The first-order chi connectivity index (χ1) is 19.1. The van der Waals surface area contributed by atoms with Crippen molar-refractivity contribution in [2.24, 2.45) is 0 Å². The Morgan fingerprint density at radius 2 is 1.85 bits per heavy atom. The van der Waals surface area contributed by atoms with Gasteiger partial charge < -0.3 is 19.2 Å². The normalized spacial score (nSPS) is 13.9. The molecule has 9 nitrogen and oxygen atoms in total. The van der Waals surface area contributed by atoms with Crippen molar-refractivity contribution < 1.29 is 18.5 Å². The fraction of sp³-hybridized carbons (Fsp3) is 0.207. The highest BCUT2D eigenvalue weighted by atomic mass is 32.1. The van der Waals surface area contributed by atoms with Crippen LogP contribution in [0.4, 0.5) is 5.69 Å². The molecule has 1 aliphatic heterocycles. The number of rotatable bonds is 6. The van der Waals surface area contributed by atoms with Crippen LogP contribution in [-0.4, -0.2) is 44.9 Å². The first-order valence-electron chi connectivity index (χ1n) is 12.6. The van der Waals surface area contributed by atoms with Crippen LogP contribution in [0.15, 0.2) is 81.5 Å². The van der Waals surface area contributed by atoms with Gasteiger partial charge in [0.15, 0.2) is 12.2 Å². The van der Waals surface area contributed by atoms with E-state index in [-0.39, 0.29) is 17.7 Å². The standard InChI is InChI=1S/C29H25N5O4S/c1-18-25(26(33-38-18)19-6-3-2-4-7-19)29(36)34-12-10-20(11-13-34)28-32-23(16-39-28)27(35)31-22-9-5-8-21(14-22)24-15-30-17-37-24/h2-9,14-17,20H,10-13H2,1H3,(H,31,35). The summed E-state index contributed by atoms with van der Waals surface area (Å²) in [6, 6.07) is 17.0. The molecule has 2 aromatic carbocycles. The maximum absolute atomic E-state index is 13.4. The van der Waals surface area contributed by atoms with Crippen molar-refractivity contribution >= 4 is 28.8 Å². The maximum Gasteiger partial charge on any atom is 0.275 e. The highest BCUT2D eigenvalue weighted by molar-refractivity contribution is 7.10. The van der Waals surface area contributed by atoms with E-state index in [1.54, 1.807) is 18.5 Å². The van der Waals surface area contributed by atoms with Crippen molar-refractivity contribution in [2.45, 2.75) is 25.7 Å². The third-order valence-corrected chi connectivity index (χ3v) is 7.85. The summed E-state index contributed by atoms with van der Waals surface area (Å²) in [4.78, 5) is 36.8. The number of oxazole rings is 1. The Labute approximate surface area is 228 Å². The number of thiazole rings is 1. The fourth-order valence-corrected chi connectivity index (χ4v) is 5.76. The van der Waals surface area contributed by atoms with Gasteiger partial charge in [0, 0.05) is 41.2 Å². The fourth-order valence-electron chi connectivity index (χ4n) is 4.79. The molecule has 4 heterocycles. The molecule has 1 saturated heterocycles. The van der Waals surface area contributed by atoms with Gasteiger partial charge in [0.2, 0.25) is 0 Å². The summed E-state index contributed by atoms with van der Waals surface area (Å²) in [5.74, 6) is 0.992. The minimum absolute atomic E-state index is 0.0715. The van der Waals surface area contributed by atoms with Crippen LogP contribution < -0.4 is 5.32 Å². The van der Waals surface area contributed by atoms with E-state index in [4.69, 9.17) is 8.94 Å². The van der Waals surface area contributed by atoms with E-state index < -0.39 is 0 Å². The van der Waals surface area contributed by atoms with Gasteiger partial charge in [-0.1, -0.05) is 47.6 Å². The van der Waals surface area contributed by atoms with Gasteiger partial charge >= 0.3 is 0 Å². The molecule has 2 amide bonds. The molecule has 1 N–H and O–H groups in total. The molecule has 0 aliphatic carbocycles. The van der Waals surface area contributed by atoms with Crippen LogP contribution in [-0.2, 0) is 0 Å². The molecule has 0 radical (unpaired) electrons. The predicted octanol–water partition coefficient (Wildman–Crippen LogP) is 6.03. The van der Waals surface area contributed by atoms with Gasteiger partial charge in [-0.05, 0) is 31.9 Å². The van der Waals surface area contributed by atoms with Crippen LogP contribution in [0.2, 0.25) is 0 Å². The van der Waals surface area contributed by atoms with Crippen LogP contribution in [0.25, 0.3) is 22.6 Å². The van der Waals surface area contributed by atoms with Crippen molar-refractivity contribution in [2.75, 3.05) is 18.4 Å². The van der Waals surface area contributed by atoms with Gasteiger partial charge in [0.1, 0.15) is 22.7 Å². The minimum atomic E-state index is -0.267. The van der Waals surface area contributed by atoms with Crippen molar-refractivity contribution in [3.8, 4) is 22.6 Å². The van der Waals surface area contributed by atoms with E-state index in [2.05, 4.69) is 20.4 Å². The second-order valence-corrected chi connectivity index (χ2v) is 10.3. The summed E-state index contributed by atoms with van der Waals surface area (Å²) in [5, 5.41) is 9.77. The van der Waals surface area contributed by atoms with Crippen molar-refractivity contribution in [3.63, 3.8) is 0 Å². The number of likely N-dealkylation sites (tertiary alicyclic amines) is 1. The van der Waals surface area contributed by atoms with E-state index in [0.29, 0.717) is 47.2 Å². The lowest BCUT2D eigenvalue weighted by atomic mass is 9.96. The number of nitrogens with zero attached hydrogens (tertiary/aromatic N) is 4. The second kappa shape index (κ2) is 10.7. The lowest BCUT2D eigenvalue weighted by molar-refractivity contribution is 0.0711. The van der Waals surface area contributed by atoms with Gasteiger partial charge in [-0.25, -0.2) is 9.97 Å². The zero-order valence-electron chi connectivity index (χ0n) is 21.2. The Morgan fingerprint density at radius 1 is 1.05 bits per heavy atom. The van der Waals surface area contributed by atoms with E-state index in [1.807, 2.05) is 59.5 Å². The summed E-state index contributed by atoms with van der Waals surface area (Å²) >= 11 is 1.48. The number of aryl methyl sites for hydroxylation is 1. The highest BCUT2D eigenvalue weighted by Gasteiger charge is 2.31. The molecule has 0 bridgehead atoms. The molecule has 1 aliphatic rings. The van der Waals surface area contributed by atoms with E-state index in [9.17, 15) is 9.59 Å². The summed E-state index contributed by atoms with van der Waals surface area (Å²) in [7, 11) is 0. The molecule has 6 rings (SSSR count). The molecule has 3 aromatic heterocycles. The van der Waals surface area contributed by atoms with Gasteiger partial charge in [-0.15, -0.1) is 11.3 Å². The zero-order valence-corrected chi connectivity index (χ0v) is 22.0. The first kappa shape index (κ1) is 24.7. The molecule has 196 valence electrons. The Bertz CT molecular complexity index is 1600. The lowest BCUT2D eigenvalue weighted by Crippen LogP contribution is -2.38. The van der Waals surface area contributed by atoms with Gasteiger partial charge in [-0.3, -0.25) is 9.59 Å². The molecule has 0 atom stereocenters. The average molecular weight is 540 g/mol. The predicted molar refractivity (Wildman–Crippen MR) is 147 cm³/mol. The van der Waals surface area contributed by atoms with Crippen molar-refractivity contribution in [3.05, 3.63) is 94.6 Å². The number of amides is 2. The van der Waals surface area contributed by atoms with Gasteiger partial charge in [0.05, 0.1) is 11.2 Å². The number of carbonyl (C=O) groups excluding carboxylic acids is 2. The van der Waals surface area contributed by atoms with E-state index in [0.717, 1.165) is 29.0 Å². The molecule has 5 aromatic rings. The summed E-state index contributed by atoms with van der Waals surface area (Å²) in [6.45, 7) is 2.96. The highest BCUT2D eigenvalue weighted by Crippen LogP contribution is 2.33. The number of nitrogens with one attached hydrogen (secondary N) is 1. The third kappa shape index (κ3) is 5.10. The van der Waals surface area contributed by atoms with E-state index >= 15 is 0 Å². The zero-order chi connectivity index (χ0) is 26.8. The van der Waals surface area contributed by atoms with Gasteiger partial charge in [-0.2, -0.15) is 0 Å². The quantitative estimate of drug-likeness (QED) is 0.280. The number of anilines is 1. The first-order valence-corrected chi connectivity index (χ1v) is 13.5. The smallest absolute Gasteiger partial charge is 0.275 e. The minimum Gasteiger partial charge on any atom is -0.444 e. The van der Waals surface area contributed by atoms with Crippen LogP contribution in [0, 0.1) is 6.92 Å². The van der Waals surface area contributed by atoms with Crippen LogP contribution in [0.1, 0.15) is 50.4 Å². The number of carbonyl (C=O) groups is 2. The molecule has 0 unspecified atom stereocenters. The second-order valence-electron chi connectivity index (χ2n) is 9.37. The van der Waals surface area contributed by atoms with Crippen LogP contribution in [0.3, 0.4) is 0 Å². The Hall–Kier alpha value is -4.57. The summed E-state index contributed by atoms with van der Waals surface area (Å²) < 4.78 is 10.7. The maximum atomic E-state index is 13.4. The number of hydrogen-bond donors (Lipinski definition) is 1. The van der Waals surface area contributed by atoms with Crippen molar-refractivity contribution in [1.29, 1.82) is 0 Å². The Balaban J connectivity index is 1.09. The number of hydrogen-bond acceptors (Lipinski definition) is 8. The van der Waals surface area contributed by atoms with Crippen LogP contribution in [0.5, 0.6) is 0 Å². The third-order valence-electron chi connectivity index (χ3n) is 6.85. The molecule has 39 heavy (non-hydrogen) atoms. The monoisotopic (exact) mass is 539 g/mol.